The molecule has 2 heterocycles. The Morgan fingerprint density at radius 1 is 1.29 bits per heavy atom. The Bertz CT molecular complexity index is 607. The zero-order valence-corrected chi connectivity index (χ0v) is 13.2. The van der Waals surface area contributed by atoms with Crippen LogP contribution in [0.25, 0.3) is 0 Å². The summed E-state index contributed by atoms with van der Waals surface area (Å²) in [6.07, 6.45) is 0. The summed E-state index contributed by atoms with van der Waals surface area (Å²) in [5.74, 6) is 2.12. The Balaban J connectivity index is 1.63. The second kappa shape index (κ2) is 6.49. The van der Waals surface area contributed by atoms with Crippen LogP contribution >= 0.6 is 11.8 Å². The van der Waals surface area contributed by atoms with Gasteiger partial charge in [-0.2, -0.15) is 4.98 Å². The fourth-order valence-electron chi connectivity index (χ4n) is 2.30. The summed E-state index contributed by atoms with van der Waals surface area (Å²) in [6, 6.07) is 6.49. The summed E-state index contributed by atoms with van der Waals surface area (Å²) in [7, 11) is 0. The second-order valence-corrected chi connectivity index (χ2v) is 6.30. The van der Waals surface area contributed by atoms with E-state index in [9.17, 15) is 0 Å². The lowest BCUT2D eigenvalue weighted by atomic mass is 10.2. The van der Waals surface area contributed by atoms with Crippen LogP contribution < -0.4 is 10.2 Å². The third kappa shape index (κ3) is 3.57. The quantitative estimate of drug-likeness (QED) is 0.875. The second-order valence-electron chi connectivity index (χ2n) is 5.28. The van der Waals surface area contributed by atoms with Crippen LogP contribution in [-0.2, 0) is 5.75 Å². The smallest absolute Gasteiger partial charge is 0.266 e. The van der Waals surface area contributed by atoms with Gasteiger partial charge in [0.25, 0.3) is 5.95 Å². The van der Waals surface area contributed by atoms with E-state index in [-0.39, 0.29) is 0 Å². The number of piperazine rings is 1. The maximum absolute atomic E-state index is 5.37. The van der Waals surface area contributed by atoms with E-state index in [1.54, 1.807) is 11.8 Å². The van der Waals surface area contributed by atoms with Crippen LogP contribution in [0.4, 0.5) is 5.95 Å². The summed E-state index contributed by atoms with van der Waals surface area (Å²) in [5.41, 5.74) is 2.56. The number of aromatic nitrogens is 2. The van der Waals surface area contributed by atoms with Crippen LogP contribution in [0.2, 0.25) is 0 Å². The average Bonchev–Trinajstić information content (AvgIpc) is 2.98. The maximum atomic E-state index is 5.37. The van der Waals surface area contributed by atoms with Crippen molar-refractivity contribution in [2.75, 3.05) is 31.1 Å². The van der Waals surface area contributed by atoms with E-state index < -0.39 is 0 Å². The standard InChI is InChI=1S/C15H20N4OS/c1-11-3-4-12(2)13(9-11)21-10-14-17-15(18-20-14)19-7-5-16-6-8-19/h3-4,9,16H,5-8,10H2,1-2H3. The van der Waals surface area contributed by atoms with E-state index >= 15 is 0 Å². The van der Waals surface area contributed by atoms with Gasteiger partial charge in [0.05, 0.1) is 5.75 Å². The first-order chi connectivity index (χ1) is 10.2. The van der Waals surface area contributed by atoms with Crippen molar-refractivity contribution in [3.63, 3.8) is 0 Å². The number of nitrogens with zero attached hydrogens (tertiary/aromatic N) is 3. The summed E-state index contributed by atoms with van der Waals surface area (Å²) >= 11 is 1.75. The largest absolute Gasteiger partial charge is 0.336 e. The lowest BCUT2D eigenvalue weighted by molar-refractivity contribution is 0.388. The highest BCUT2D eigenvalue weighted by Crippen LogP contribution is 2.27. The molecule has 112 valence electrons. The summed E-state index contributed by atoms with van der Waals surface area (Å²) < 4.78 is 5.37. The van der Waals surface area contributed by atoms with Crippen molar-refractivity contribution in [2.24, 2.45) is 0 Å². The molecular weight excluding hydrogens is 284 g/mol. The van der Waals surface area contributed by atoms with Gasteiger partial charge >= 0.3 is 0 Å². The normalized spacial score (nSPS) is 15.4. The molecule has 21 heavy (non-hydrogen) atoms. The van der Waals surface area contributed by atoms with Gasteiger partial charge in [-0.25, -0.2) is 0 Å². The molecule has 1 aromatic heterocycles. The van der Waals surface area contributed by atoms with E-state index in [1.807, 2.05) is 0 Å². The summed E-state index contributed by atoms with van der Waals surface area (Å²) in [5, 5.41) is 7.41. The molecule has 0 aliphatic carbocycles. The molecule has 0 unspecified atom stereocenters. The average molecular weight is 304 g/mol. The third-order valence-electron chi connectivity index (χ3n) is 3.55. The minimum Gasteiger partial charge on any atom is -0.336 e. The molecule has 1 saturated heterocycles. The van der Waals surface area contributed by atoms with Crippen LogP contribution in [-0.4, -0.2) is 36.3 Å². The number of aryl methyl sites for hydroxylation is 2. The molecule has 0 saturated carbocycles. The molecule has 1 aromatic carbocycles. The predicted octanol–water partition coefficient (Wildman–Crippen LogP) is 2.39. The Morgan fingerprint density at radius 3 is 2.90 bits per heavy atom. The van der Waals surface area contributed by atoms with Crippen LogP contribution in [0.1, 0.15) is 17.0 Å². The highest BCUT2D eigenvalue weighted by molar-refractivity contribution is 7.98. The van der Waals surface area contributed by atoms with Gasteiger partial charge in [-0.05, 0) is 30.6 Å². The van der Waals surface area contributed by atoms with E-state index in [2.05, 4.69) is 52.4 Å². The van der Waals surface area contributed by atoms with Gasteiger partial charge in [-0.1, -0.05) is 17.7 Å². The van der Waals surface area contributed by atoms with Crippen molar-refractivity contribution in [1.29, 1.82) is 0 Å². The molecule has 0 bridgehead atoms. The Hall–Kier alpha value is -1.53. The van der Waals surface area contributed by atoms with E-state index in [4.69, 9.17) is 4.52 Å². The van der Waals surface area contributed by atoms with Gasteiger partial charge in [0, 0.05) is 31.1 Å². The molecule has 5 nitrogen and oxygen atoms in total. The van der Waals surface area contributed by atoms with Crippen molar-refractivity contribution >= 4 is 17.7 Å². The molecule has 1 aliphatic heterocycles. The number of rotatable bonds is 4. The first-order valence-corrected chi connectivity index (χ1v) is 8.19. The van der Waals surface area contributed by atoms with Gasteiger partial charge in [-0.15, -0.1) is 11.8 Å². The van der Waals surface area contributed by atoms with Gasteiger partial charge in [0.2, 0.25) is 5.89 Å². The molecule has 2 aromatic rings. The molecule has 6 heteroatoms. The van der Waals surface area contributed by atoms with E-state index in [1.165, 1.54) is 16.0 Å². The van der Waals surface area contributed by atoms with Gasteiger partial charge in [-0.3, -0.25) is 0 Å². The maximum Gasteiger partial charge on any atom is 0.266 e. The van der Waals surface area contributed by atoms with Crippen LogP contribution in [0.15, 0.2) is 27.6 Å². The van der Waals surface area contributed by atoms with Crippen molar-refractivity contribution in [3.8, 4) is 0 Å². The zero-order valence-electron chi connectivity index (χ0n) is 12.4. The van der Waals surface area contributed by atoms with Gasteiger partial charge in [0.15, 0.2) is 0 Å². The molecule has 0 radical (unpaired) electrons. The highest BCUT2D eigenvalue weighted by atomic mass is 32.2. The molecule has 1 N–H and O–H groups in total. The number of benzene rings is 1. The molecule has 1 fully saturated rings. The number of anilines is 1. The van der Waals surface area contributed by atoms with Crippen molar-refractivity contribution in [2.45, 2.75) is 24.5 Å². The van der Waals surface area contributed by atoms with Crippen molar-refractivity contribution in [1.82, 2.24) is 15.5 Å². The lowest BCUT2D eigenvalue weighted by Crippen LogP contribution is -2.44. The fraction of sp³-hybridized carbons (Fsp3) is 0.467. The van der Waals surface area contributed by atoms with E-state index in [0.29, 0.717) is 17.6 Å². The minimum absolute atomic E-state index is 0.689. The van der Waals surface area contributed by atoms with Gasteiger partial charge in [0.1, 0.15) is 0 Å². The first-order valence-electron chi connectivity index (χ1n) is 7.21. The number of nitrogens with one attached hydrogen (secondary N) is 1. The Labute approximate surface area is 129 Å². The number of hydrogen-bond acceptors (Lipinski definition) is 6. The number of thioether (sulfide) groups is 1. The molecule has 0 spiro atoms. The van der Waals surface area contributed by atoms with Crippen LogP contribution in [0.5, 0.6) is 0 Å². The predicted molar refractivity (Wildman–Crippen MR) is 84.9 cm³/mol. The van der Waals surface area contributed by atoms with Crippen LogP contribution in [0, 0.1) is 13.8 Å². The first kappa shape index (κ1) is 14.4. The topological polar surface area (TPSA) is 54.2 Å². The zero-order chi connectivity index (χ0) is 14.7. The SMILES string of the molecule is Cc1ccc(C)c(SCc2nc(N3CCNCC3)no2)c1. The van der Waals surface area contributed by atoms with E-state index in [0.717, 1.165) is 26.2 Å². The Morgan fingerprint density at radius 2 is 2.10 bits per heavy atom. The number of hydrogen-bond donors (Lipinski definition) is 1. The summed E-state index contributed by atoms with van der Waals surface area (Å²) in [6.45, 7) is 8.05. The summed E-state index contributed by atoms with van der Waals surface area (Å²) in [4.78, 5) is 7.93. The van der Waals surface area contributed by atoms with Gasteiger partial charge < -0.3 is 14.7 Å². The highest BCUT2D eigenvalue weighted by Gasteiger charge is 2.16. The fourth-order valence-corrected chi connectivity index (χ4v) is 3.26. The third-order valence-corrected chi connectivity index (χ3v) is 4.69. The monoisotopic (exact) mass is 304 g/mol. The minimum atomic E-state index is 0.689. The lowest BCUT2D eigenvalue weighted by Gasteiger charge is -2.25. The molecule has 0 atom stereocenters. The molecule has 1 aliphatic rings. The van der Waals surface area contributed by atoms with Crippen molar-refractivity contribution < 1.29 is 4.52 Å². The molecule has 0 amide bonds. The molecular formula is C15H20N4OS. The molecule has 3 rings (SSSR count). The van der Waals surface area contributed by atoms with Crippen molar-refractivity contribution in [3.05, 3.63) is 35.2 Å². The van der Waals surface area contributed by atoms with Crippen LogP contribution in [0.3, 0.4) is 0 Å². The Kier molecular flexibility index (Phi) is 4.45.